The van der Waals surface area contributed by atoms with Crippen molar-refractivity contribution in [2.75, 3.05) is 0 Å². The maximum absolute atomic E-state index is 5.26. The molecule has 0 aromatic carbocycles. The van der Waals surface area contributed by atoms with E-state index in [1.54, 1.807) is 0 Å². The van der Waals surface area contributed by atoms with Gasteiger partial charge in [0.05, 0.1) is 0 Å². The van der Waals surface area contributed by atoms with Gasteiger partial charge in [-0.05, 0) is 38.4 Å². The van der Waals surface area contributed by atoms with Gasteiger partial charge in [0, 0.05) is 12.1 Å². The van der Waals surface area contributed by atoms with E-state index in [0.717, 1.165) is 11.5 Å². The van der Waals surface area contributed by atoms with Crippen molar-refractivity contribution in [3.8, 4) is 0 Å². The first kappa shape index (κ1) is 11.8. The summed E-state index contributed by atoms with van der Waals surface area (Å²) in [4.78, 5) is 0. The Morgan fingerprint density at radius 3 is 2.57 bits per heavy atom. The lowest BCUT2D eigenvalue weighted by Gasteiger charge is -2.25. The lowest BCUT2D eigenvalue weighted by molar-refractivity contribution is 0.410. The summed E-state index contributed by atoms with van der Waals surface area (Å²) < 4.78 is 0. The molecule has 0 unspecified atom stereocenters. The highest BCUT2D eigenvalue weighted by atomic mass is 32.1. The molecule has 0 bridgehead atoms. The van der Waals surface area contributed by atoms with Crippen LogP contribution >= 0.6 is 12.2 Å². The average Bonchev–Trinajstić information content (AvgIpc) is 2.19. The molecule has 0 aromatic heterocycles. The summed E-state index contributed by atoms with van der Waals surface area (Å²) in [5.41, 5.74) is 0. The van der Waals surface area contributed by atoms with Gasteiger partial charge in [0.15, 0.2) is 5.11 Å². The molecule has 0 saturated heterocycles. The third-order valence-electron chi connectivity index (χ3n) is 2.93. The maximum atomic E-state index is 5.26. The SMILES string of the molecule is CC[C@H](C)NC(=S)NC1CCCCC1. The molecule has 1 aliphatic rings. The van der Waals surface area contributed by atoms with Crippen molar-refractivity contribution in [1.29, 1.82) is 0 Å². The normalized spacial score (nSPS) is 20.1. The van der Waals surface area contributed by atoms with E-state index in [1.807, 2.05) is 0 Å². The van der Waals surface area contributed by atoms with E-state index in [2.05, 4.69) is 24.5 Å². The summed E-state index contributed by atoms with van der Waals surface area (Å²) in [6, 6.07) is 1.10. The highest BCUT2D eigenvalue weighted by molar-refractivity contribution is 7.80. The fraction of sp³-hybridized carbons (Fsp3) is 0.909. The van der Waals surface area contributed by atoms with E-state index in [1.165, 1.54) is 32.1 Å². The second-order valence-corrected chi connectivity index (χ2v) is 4.67. The number of hydrogen-bond donors (Lipinski definition) is 2. The van der Waals surface area contributed by atoms with Crippen molar-refractivity contribution in [1.82, 2.24) is 10.6 Å². The molecular weight excluding hydrogens is 192 g/mol. The fourth-order valence-electron chi connectivity index (χ4n) is 1.80. The van der Waals surface area contributed by atoms with Gasteiger partial charge in [-0.3, -0.25) is 0 Å². The minimum absolute atomic E-state index is 0.485. The van der Waals surface area contributed by atoms with Crippen LogP contribution in [0.15, 0.2) is 0 Å². The summed E-state index contributed by atoms with van der Waals surface area (Å²) in [6.45, 7) is 4.33. The van der Waals surface area contributed by atoms with Gasteiger partial charge in [0.25, 0.3) is 0 Å². The second-order valence-electron chi connectivity index (χ2n) is 4.26. The number of rotatable bonds is 3. The molecule has 0 amide bonds. The third-order valence-corrected chi connectivity index (χ3v) is 3.17. The average molecular weight is 214 g/mol. The Bertz CT molecular complexity index is 176. The highest BCUT2D eigenvalue weighted by Crippen LogP contribution is 2.17. The molecule has 82 valence electrons. The van der Waals surface area contributed by atoms with E-state index in [-0.39, 0.29) is 0 Å². The Labute approximate surface area is 92.8 Å². The Hall–Kier alpha value is -0.310. The van der Waals surface area contributed by atoms with Crippen LogP contribution in [0.4, 0.5) is 0 Å². The van der Waals surface area contributed by atoms with Crippen LogP contribution in [0, 0.1) is 0 Å². The molecule has 1 saturated carbocycles. The first-order valence-corrected chi connectivity index (χ1v) is 6.20. The van der Waals surface area contributed by atoms with Crippen molar-refractivity contribution in [3.05, 3.63) is 0 Å². The number of thiocarbonyl (C=S) groups is 1. The van der Waals surface area contributed by atoms with Gasteiger partial charge >= 0.3 is 0 Å². The highest BCUT2D eigenvalue weighted by Gasteiger charge is 2.14. The molecule has 2 N–H and O–H groups in total. The Morgan fingerprint density at radius 2 is 2.00 bits per heavy atom. The second kappa shape index (κ2) is 6.23. The van der Waals surface area contributed by atoms with Gasteiger partial charge in [0.2, 0.25) is 0 Å². The molecule has 3 heteroatoms. The van der Waals surface area contributed by atoms with Gasteiger partial charge in [-0.15, -0.1) is 0 Å². The molecule has 0 aliphatic heterocycles. The summed E-state index contributed by atoms with van der Waals surface area (Å²) in [6.07, 6.45) is 7.77. The topological polar surface area (TPSA) is 24.1 Å². The van der Waals surface area contributed by atoms with Gasteiger partial charge < -0.3 is 10.6 Å². The van der Waals surface area contributed by atoms with Crippen molar-refractivity contribution >= 4 is 17.3 Å². The summed E-state index contributed by atoms with van der Waals surface area (Å²) >= 11 is 5.26. The van der Waals surface area contributed by atoms with Crippen molar-refractivity contribution < 1.29 is 0 Å². The van der Waals surface area contributed by atoms with E-state index in [4.69, 9.17) is 12.2 Å². The molecule has 0 heterocycles. The maximum Gasteiger partial charge on any atom is 0.166 e. The zero-order valence-corrected chi connectivity index (χ0v) is 10.1. The number of hydrogen-bond acceptors (Lipinski definition) is 1. The third kappa shape index (κ3) is 4.27. The van der Waals surface area contributed by atoms with Crippen LogP contribution in [0.2, 0.25) is 0 Å². The predicted octanol–water partition coefficient (Wildman–Crippen LogP) is 2.58. The molecule has 0 aromatic rings. The van der Waals surface area contributed by atoms with Gasteiger partial charge in [-0.25, -0.2) is 0 Å². The van der Waals surface area contributed by atoms with E-state index >= 15 is 0 Å². The molecule has 14 heavy (non-hydrogen) atoms. The largest absolute Gasteiger partial charge is 0.360 e. The van der Waals surface area contributed by atoms with Crippen LogP contribution in [0.1, 0.15) is 52.4 Å². The lowest BCUT2D eigenvalue weighted by atomic mass is 9.96. The van der Waals surface area contributed by atoms with Gasteiger partial charge in [-0.1, -0.05) is 26.2 Å². The first-order chi connectivity index (χ1) is 6.72. The smallest absolute Gasteiger partial charge is 0.166 e. The molecule has 0 spiro atoms. The Kier molecular flexibility index (Phi) is 5.23. The monoisotopic (exact) mass is 214 g/mol. The van der Waals surface area contributed by atoms with Crippen molar-refractivity contribution in [2.45, 2.75) is 64.5 Å². The van der Waals surface area contributed by atoms with E-state index in [9.17, 15) is 0 Å². The minimum atomic E-state index is 0.485. The van der Waals surface area contributed by atoms with Crippen LogP contribution in [0.25, 0.3) is 0 Å². The standard InChI is InChI=1S/C11H22N2S/c1-3-9(2)12-11(14)13-10-7-5-4-6-8-10/h9-10H,3-8H2,1-2H3,(H2,12,13,14)/t9-/m0/s1. The molecule has 1 rings (SSSR count). The van der Waals surface area contributed by atoms with Gasteiger partial charge in [0.1, 0.15) is 0 Å². The Balaban J connectivity index is 2.18. The van der Waals surface area contributed by atoms with Crippen LogP contribution in [0.5, 0.6) is 0 Å². The van der Waals surface area contributed by atoms with E-state index < -0.39 is 0 Å². The fourth-order valence-corrected chi connectivity index (χ4v) is 2.17. The van der Waals surface area contributed by atoms with Crippen molar-refractivity contribution in [3.63, 3.8) is 0 Å². The van der Waals surface area contributed by atoms with Crippen LogP contribution < -0.4 is 10.6 Å². The van der Waals surface area contributed by atoms with Crippen LogP contribution in [-0.2, 0) is 0 Å². The molecule has 0 radical (unpaired) electrons. The predicted molar refractivity (Wildman–Crippen MR) is 65.5 cm³/mol. The first-order valence-electron chi connectivity index (χ1n) is 5.79. The molecular formula is C11H22N2S. The molecule has 1 atom stereocenters. The summed E-state index contributed by atoms with van der Waals surface area (Å²) in [7, 11) is 0. The summed E-state index contributed by atoms with van der Waals surface area (Å²) in [5, 5.41) is 7.54. The molecule has 1 aliphatic carbocycles. The minimum Gasteiger partial charge on any atom is -0.360 e. The van der Waals surface area contributed by atoms with E-state index in [0.29, 0.717) is 12.1 Å². The van der Waals surface area contributed by atoms with Crippen LogP contribution in [0.3, 0.4) is 0 Å². The number of nitrogens with one attached hydrogen (secondary N) is 2. The van der Waals surface area contributed by atoms with Crippen LogP contribution in [-0.4, -0.2) is 17.2 Å². The molecule has 1 fully saturated rings. The quantitative estimate of drug-likeness (QED) is 0.706. The molecule has 2 nitrogen and oxygen atoms in total. The Morgan fingerprint density at radius 1 is 1.36 bits per heavy atom. The van der Waals surface area contributed by atoms with Gasteiger partial charge in [-0.2, -0.15) is 0 Å². The zero-order chi connectivity index (χ0) is 10.4. The summed E-state index contributed by atoms with van der Waals surface area (Å²) in [5.74, 6) is 0. The zero-order valence-electron chi connectivity index (χ0n) is 9.31. The lowest BCUT2D eigenvalue weighted by Crippen LogP contribution is -2.45. The van der Waals surface area contributed by atoms with Crippen molar-refractivity contribution in [2.24, 2.45) is 0 Å².